The zero-order valence-electron chi connectivity index (χ0n) is 17.5. The molecule has 0 spiro atoms. The van der Waals surface area contributed by atoms with E-state index in [1.165, 1.54) is 0 Å². The van der Waals surface area contributed by atoms with Gasteiger partial charge >= 0.3 is 6.09 Å². The van der Waals surface area contributed by atoms with Crippen molar-refractivity contribution in [2.45, 2.75) is 24.3 Å². The van der Waals surface area contributed by atoms with E-state index < -0.39 is 24.0 Å². The maximum atomic E-state index is 13.8. The number of imide groups is 1. The standard InChI is InChI=1S/C27H23NO4/c29-23-16-21(18-10-4-1-5-11-18)24(20-14-8-3-9-15-20)25(23)26(30)28-22(17-32-27(28)31)19-12-6-2-7-13-19/h1-15,21-22,24-25H,16-17H2/t21-,22-,24-,25-/m0/s1. The Morgan fingerprint density at radius 3 is 1.88 bits per heavy atom. The molecular weight excluding hydrogens is 402 g/mol. The van der Waals surface area contributed by atoms with Gasteiger partial charge in [0.1, 0.15) is 24.3 Å². The summed E-state index contributed by atoms with van der Waals surface area (Å²) in [6.45, 7) is 0.0909. The Hall–Kier alpha value is -3.73. The largest absolute Gasteiger partial charge is 0.446 e. The van der Waals surface area contributed by atoms with Gasteiger partial charge in [-0.05, 0) is 22.6 Å². The Balaban J connectivity index is 1.55. The fraction of sp³-hybridized carbons (Fsp3) is 0.222. The Labute approximate surface area is 186 Å². The van der Waals surface area contributed by atoms with Crippen LogP contribution in [0.2, 0.25) is 0 Å². The number of rotatable bonds is 4. The van der Waals surface area contributed by atoms with Gasteiger partial charge < -0.3 is 4.74 Å². The Bertz CT molecular complexity index is 1130. The number of benzene rings is 3. The van der Waals surface area contributed by atoms with Gasteiger partial charge in [-0.15, -0.1) is 0 Å². The third-order valence-corrected chi connectivity index (χ3v) is 6.53. The predicted octanol–water partition coefficient (Wildman–Crippen LogP) is 4.86. The quantitative estimate of drug-likeness (QED) is 0.560. The van der Waals surface area contributed by atoms with Crippen molar-refractivity contribution >= 4 is 17.8 Å². The molecule has 2 amide bonds. The van der Waals surface area contributed by atoms with E-state index in [2.05, 4.69) is 0 Å². The second kappa shape index (κ2) is 8.42. The highest BCUT2D eigenvalue weighted by Gasteiger charge is 2.52. The molecule has 1 saturated carbocycles. The molecular formula is C27H23NO4. The number of hydrogen-bond acceptors (Lipinski definition) is 4. The van der Waals surface area contributed by atoms with E-state index in [-0.39, 0.29) is 30.6 Å². The lowest BCUT2D eigenvalue weighted by Crippen LogP contribution is -2.42. The minimum Gasteiger partial charge on any atom is -0.446 e. The molecule has 0 N–H and O–H groups in total. The van der Waals surface area contributed by atoms with Crippen LogP contribution in [-0.2, 0) is 14.3 Å². The molecule has 160 valence electrons. The number of amides is 2. The predicted molar refractivity (Wildman–Crippen MR) is 119 cm³/mol. The van der Waals surface area contributed by atoms with Gasteiger partial charge in [-0.3, -0.25) is 9.59 Å². The molecule has 32 heavy (non-hydrogen) atoms. The van der Waals surface area contributed by atoms with E-state index >= 15 is 0 Å². The molecule has 1 heterocycles. The molecule has 1 aliphatic carbocycles. The first-order valence-corrected chi connectivity index (χ1v) is 10.8. The third-order valence-electron chi connectivity index (χ3n) is 6.53. The molecule has 0 radical (unpaired) electrons. The van der Waals surface area contributed by atoms with Crippen molar-refractivity contribution in [2.75, 3.05) is 6.61 Å². The van der Waals surface area contributed by atoms with Crippen LogP contribution in [0.15, 0.2) is 91.0 Å². The maximum absolute atomic E-state index is 13.8. The molecule has 4 atom stereocenters. The van der Waals surface area contributed by atoms with E-state index in [0.29, 0.717) is 0 Å². The lowest BCUT2D eigenvalue weighted by atomic mass is 9.79. The second-order valence-corrected chi connectivity index (χ2v) is 8.31. The summed E-state index contributed by atoms with van der Waals surface area (Å²) in [5.41, 5.74) is 2.76. The number of hydrogen-bond donors (Lipinski definition) is 0. The first kappa shape index (κ1) is 20.2. The Kier molecular flexibility index (Phi) is 5.31. The number of nitrogens with zero attached hydrogens (tertiary/aromatic N) is 1. The van der Waals surface area contributed by atoms with E-state index in [0.717, 1.165) is 21.6 Å². The average molecular weight is 425 g/mol. The topological polar surface area (TPSA) is 63.7 Å². The summed E-state index contributed by atoms with van der Waals surface area (Å²) in [7, 11) is 0. The zero-order chi connectivity index (χ0) is 22.1. The van der Waals surface area contributed by atoms with Crippen molar-refractivity contribution in [1.29, 1.82) is 0 Å². The van der Waals surface area contributed by atoms with E-state index in [1.54, 1.807) is 0 Å². The van der Waals surface area contributed by atoms with Gasteiger partial charge in [0.05, 0.1) is 0 Å². The molecule has 5 rings (SSSR count). The first-order valence-electron chi connectivity index (χ1n) is 10.8. The van der Waals surface area contributed by atoms with Crippen molar-refractivity contribution < 1.29 is 19.1 Å². The zero-order valence-corrected chi connectivity index (χ0v) is 17.5. The highest BCUT2D eigenvalue weighted by molar-refractivity contribution is 6.09. The van der Waals surface area contributed by atoms with Crippen molar-refractivity contribution in [3.05, 3.63) is 108 Å². The van der Waals surface area contributed by atoms with E-state index in [1.807, 2.05) is 91.0 Å². The Morgan fingerprint density at radius 2 is 1.28 bits per heavy atom. The number of ketones is 1. The van der Waals surface area contributed by atoms with Gasteiger partial charge in [0.15, 0.2) is 0 Å². The number of carbonyl (C=O) groups excluding carboxylic acids is 3. The highest BCUT2D eigenvalue weighted by Crippen LogP contribution is 2.49. The molecule has 0 bridgehead atoms. The van der Waals surface area contributed by atoms with Crippen LogP contribution >= 0.6 is 0 Å². The smallest absolute Gasteiger partial charge is 0.417 e. The maximum Gasteiger partial charge on any atom is 0.417 e. The van der Waals surface area contributed by atoms with Crippen LogP contribution in [0.3, 0.4) is 0 Å². The van der Waals surface area contributed by atoms with Gasteiger partial charge in [-0.25, -0.2) is 9.69 Å². The summed E-state index contributed by atoms with van der Waals surface area (Å²) in [5, 5.41) is 0. The van der Waals surface area contributed by atoms with Crippen molar-refractivity contribution in [3.8, 4) is 0 Å². The average Bonchev–Trinajstić information content (AvgIpc) is 3.40. The summed E-state index contributed by atoms with van der Waals surface area (Å²) in [4.78, 5) is 40.9. The van der Waals surface area contributed by atoms with Gasteiger partial charge in [-0.2, -0.15) is 0 Å². The molecule has 3 aromatic carbocycles. The summed E-state index contributed by atoms with van der Waals surface area (Å²) < 4.78 is 5.26. The van der Waals surface area contributed by atoms with Crippen LogP contribution in [0, 0.1) is 5.92 Å². The molecule has 5 nitrogen and oxygen atoms in total. The number of Topliss-reactive ketones (excluding diaryl/α,β-unsaturated/α-hetero) is 1. The summed E-state index contributed by atoms with van der Waals surface area (Å²) in [5.74, 6) is -2.01. The van der Waals surface area contributed by atoms with Crippen LogP contribution < -0.4 is 0 Å². The molecule has 3 aromatic rings. The van der Waals surface area contributed by atoms with Crippen LogP contribution in [0.25, 0.3) is 0 Å². The molecule has 1 saturated heterocycles. The monoisotopic (exact) mass is 425 g/mol. The van der Waals surface area contributed by atoms with Gasteiger partial charge in [0, 0.05) is 12.3 Å². The van der Waals surface area contributed by atoms with Crippen LogP contribution in [0.4, 0.5) is 4.79 Å². The minimum atomic E-state index is -0.931. The molecule has 0 aromatic heterocycles. The van der Waals surface area contributed by atoms with Crippen LogP contribution in [0.5, 0.6) is 0 Å². The molecule has 5 heteroatoms. The highest BCUT2D eigenvalue weighted by atomic mass is 16.6. The normalized spacial score (nSPS) is 25.1. The fourth-order valence-corrected chi connectivity index (χ4v) is 5.06. The molecule has 1 aliphatic heterocycles. The third kappa shape index (κ3) is 3.50. The van der Waals surface area contributed by atoms with Gasteiger partial charge in [0.2, 0.25) is 5.91 Å². The summed E-state index contributed by atoms with van der Waals surface area (Å²) in [6, 6.07) is 28.3. The van der Waals surface area contributed by atoms with Gasteiger partial charge in [-0.1, -0.05) is 91.0 Å². The minimum absolute atomic E-state index is 0.0909. The number of cyclic esters (lactones) is 1. The molecule has 2 aliphatic rings. The SMILES string of the molecule is O=C1C[C@@H](c2ccccc2)[C@H](c2ccccc2)[C@H]1C(=O)N1C(=O)OC[C@H]1c1ccccc1. The lowest BCUT2D eigenvalue weighted by Gasteiger charge is -2.28. The van der Waals surface area contributed by atoms with Gasteiger partial charge in [0.25, 0.3) is 0 Å². The lowest BCUT2D eigenvalue weighted by molar-refractivity contribution is -0.138. The van der Waals surface area contributed by atoms with Crippen molar-refractivity contribution in [3.63, 3.8) is 0 Å². The second-order valence-electron chi connectivity index (χ2n) is 8.31. The molecule has 0 unspecified atom stereocenters. The number of ether oxygens (including phenoxy) is 1. The Morgan fingerprint density at radius 1 is 0.750 bits per heavy atom. The van der Waals surface area contributed by atoms with Crippen LogP contribution in [-0.4, -0.2) is 29.3 Å². The summed E-state index contributed by atoms with van der Waals surface area (Å²) in [6.07, 6.45) is -0.426. The molecule has 2 fully saturated rings. The summed E-state index contributed by atoms with van der Waals surface area (Å²) >= 11 is 0. The fourth-order valence-electron chi connectivity index (χ4n) is 5.06. The first-order chi connectivity index (χ1) is 15.6. The number of carbonyl (C=O) groups is 3. The van der Waals surface area contributed by atoms with Crippen molar-refractivity contribution in [1.82, 2.24) is 4.90 Å². The van der Waals surface area contributed by atoms with E-state index in [4.69, 9.17) is 4.74 Å². The van der Waals surface area contributed by atoms with Crippen LogP contribution in [0.1, 0.15) is 41.0 Å². The van der Waals surface area contributed by atoms with Crippen molar-refractivity contribution in [2.24, 2.45) is 5.92 Å². The van der Waals surface area contributed by atoms with E-state index in [9.17, 15) is 14.4 Å².